The minimum absolute atomic E-state index is 0.0219. The molecule has 4 aromatic rings. The van der Waals surface area contributed by atoms with E-state index in [1.807, 2.05) is 54.8 Å². The van der Waals surface area contributed by atoms with Crippen LogP contribution >= 0.6 is 47.0 Å². The van der Waals surface area contributed by atoms with Gasteiger partial charge in [0.05, 0.1) is 10.7 Å². The predicted molar refractivity (Wildman–Crippen MR) is 164 cm³/mol. The van der Waals surface area contributed by atoms with Gasteiger partial charge in [-0.3, -0.25) is 19.8 Å². The SMILES string of the molecule is Cc1cc(/C=C2\C(=O)NC(=S)N(c3ccccc3Cl)C2=O)c(C)n1-c1ccc(OCc2ccc(Cl)cc2Cl)cc1. The van der Waals surface area contributed by atoms with Gasteiger partial charge < -0.3 is 9.30 Å². The van der Waals surface area contributed by atoms with Crippen molar-refractivity contribution >= 4 is 75.7 Å². The highest BCUT2D eigenvalue weighted by Gasteiger charge is 2.35. The fraction of sp³-hybridized carbons (Fsp3) is 0.100. The molecule has 5 rings (SSSR count). The molecule has 0 saturated carbocycles. The molecule has 0 atom stereocenters. The summed E-state index contributed by atoms with van der Waals surface area (Å²) in [5, 5.41) is 4.04. The van der Waals surface area contributed by atoms with Crippen molar-refractivity contribution < 1.29 is 14.3 Å². The standard InChI is InChI=1S/C30H22Cl3N3O3S/c1-17-13-20(14-24-28(37)34-30(40)36(29(24)38)27-6-4-3-5-25(27)32)18(2)35(17)22-9-11-23(12-10-22)39-16-19-7-8-21(31)15-26(19)33/h3-15H,16H2,1-2H3,(H,34,37,40)/b24-14+. The monoisotopic (exact) mass is 609 g/mol. The summed E-state index contributed by atoms with van der Waals surface area (Å²) in [6, 6.07) is 21.6. The maximum atomic E-state index is 13.4. The van der Waals surface area contributed by atoms with Crippen molar-refractivity contribution in [3.8, 4) is 11.4 Å². The summed E-state index contributed by atoms with van der Waals surface area (Å²) < 4.78 is 7.94. The number of anilines is 1. The molecule has 2 amide bonds. The van der Waals surface area contributed by atoms with Gasteiger partial charge in [0, 0.05) is 32.7 Å². The minimum atomic E-state index is -0.564. The normalized spacial score (nSPS) is 14.6. The largest absolute Gasteiger partial charge is 0.489 e. The van der Waals surface area contributed by atoms with E-state index >= 15 is 0 Å². The van der Waals surface area contributed by atoms with Crippen LogP contribution in [0.2, 0.25) is 15.1 Å². The van der Waals surface area contributed by atoms with Crippen molar-refractivity contribution in [2.24, 2.45) is 0 Å². The first-order valence-electron chi connectivity index (χ1n) is 12.2. The lowest BCUT2D eigenvalue weighted by molar-refractivity contribution is -0.122. The molecule has 0 spiro atoms. The Morgan fingerprint density at radius 2 is 1.65 bits per heavy atom. The third-order valence-electron chi connectivity index (χ3n) is 6.47. The molecule has 40 heavy (non-hydrogen) atoms. The molecule has 1 N–H and O–H groups in total. The summed E-state index contributed by atoms with van der Waals surface area (Å²) >= 11 is 23.8. The quantitative estimate of drug-likeness (QED) is 0.140. The first kappa shape index (κ1) is 27.9. The van der Waals surface area contributed by atoms with Crippen molar-refractivity contribution in [3.05, 3.63) is 116 Å². The zero-order valence-corrected chi connectivity index (χ0v) is 24.5. The fourth-order valence-electron chi connectivity index (χ4n) is 4.49. The number of rotatable bonds is 6. The number of hydrogen-bond donors (Lipinski definition) is 1. The van der Waals surface area contributed by atoms with Crippen LogP contribution in [0, 0.1) is 13.8 Å². The number of halogens is 3. The maximum absolute atomic E-state index is 13.4. The molecule has 1 aliphatic heterocycles. The van der Waals surface area contributed by atoms with Crippen LogP contribution in [0.3, 0.4) is 0 Å². The summed E-state index contributed by atoms with van der Waals surface area (Å²) in [5.74, 6) is -0.431. The summed E-state index contributed by atoms with van der Waals surface area (Å²) in [6.07, 6.45) is 1.58. The molecule has 2 heterocycles. The first-order chi connectivity index (χ1) is 19.1. The van der Waals surface area contributed by atoms with Crippen molar-refractivity contribution in [2.75, 3.05) is 4.90 Å². The van der Waals surface area contributed by atoms with E-state index in [2.05, 4.69) is 5.32 Å². The van der Waals surface area contributed by atoms with Crippen LogP contribution in [0.5, 0.6) is 5.75 Å². The molecule has 0 bridgehead atoms. The average molecular weight is 611 g/mol. The van der Waals surface area contributed by atoms with Crippen molar-refractivity contribution in [3.63, 3.8) is 0 Å². The van der Waals surface area contributed by atoms with Gasteiger partial charge >= 0.3 is 0 Å². The number of hydrogen-bond acceptors (Lipinski definition) is 4. The van der Waals surface area contributed by atoms with E-state index in [9.17, 15) is 9.59 Å². The van der Waals surface area contributed by atoms with Crippen LogP contribution in [-0.2, 0) is 16.2 Å². The van der Waals surface area contributed by atoms with Crippen LogP contribution in [0.15, 0.2) is 78.4 Å². The summed E-state index contributed by atoms with van der Waals surface area (Å²) in [7, 11) is 0. The Labute approximate surface area is 251 Å². The van der Waals surface area contributed by atoms with Gasteiger partial charge in [0.2, 0.25) is 0 Å². The van der Waals surface area contributed by atoms with Crippen molar-refractivity contribution in [1.29, 1.82) is 0 Å². The topological polar surface area (TPSA) is 63.6 Å². The summed E-state index contributed by atoms with van der Waals surface area (Å²) in [6.45, 7) is 4.18. The van der Waals surface area contributed by atoms with Gasteiger partial charge in [-0.25, -0.2) is 0 Å². The molecule has 0 aliphatic carbocycles. The molecule has 10 heteroatoms. The van der Waals surface area contributed by atoms with Crippen LogP contribution in [0.1, 0.15) is 22.5 Å². The second-order valence-corrected chi connectivity index (χ2v) is 10.7. The number of amides is 2. The van der Waals surface area contributed by atoms with E-state index in [-0.39, 0.29) is 10.7 Å². The molecule has 0 radical (unpaired) electrons. The Kier molecular flexibility index (Phi) is 8.01. The Balaban J connectivity index is 1.40. The lowest BCUT2D eigenvalue weighted by Gasteiger charge is -2.29. The number of nitrogens with one attached hydrogen (secondary N) is 1. The number of thiocarbonyl (C=S) groups is 1. The Bertz CT molecular complexity index is 1700. The van der Waals surface area contributed by atoms with Gasteiger partial charge in [-0.05, 0) is 92.3 Å². The number of para-hydroxylation sites is 1. The molecule has 1 fully saturated rings. The highest BCUT2D eigenvalue weighted by atomic mass is 35.5. The van der Waals surface area contributed by atoms with E-state index in [0.29, 0.717) is 33.1 Å². The summed E-state index contributed by atoms with van der Waals surface area (Å²) in [4.78, 5) is 27.5. The molecular weight excluding hydrogens is 589 g/mol. The molecule has 1 saturated heterocycles. The number of aromatic nitrogens is 1. The number of carbonyl (C=O) groups excluding carboxylic acids is 2. The molecule has 3 aromatic carbocycles. The molecule has 0 unspecified atom stereocenters. The van der Waals surface area contributed by atoms with Crippen molar-refractivity contribution in [1.82, 2.24) is 9.88 Å². The van der Waals surface area contributed by atoms with Gasteiger partial charge in [-0.2, -0.15) is 0 Å². The highest BCUT2D eigenvalue weighted by molar-refractivity contribution is 7.80. The van der Waals surface area contributed by atoms with Crippen LogP contribution in [-0.4, -0.2) is 21.5 Å². The lowest BCUT2D eigenvalue weighted by atomic mass is 10.1. The Morgan fingerprint density at radius 3 is 2.35 bits per heavy atom. The zero-order valence-electron chi connectivity index (χ0n) is 21.4. The van der Waals surface area contributed by atoms with E-state index in [0.717, 1.165) is 28.2 Å². The number of nitrogens with zero attached hydrogens (tertiary/aromatic N) is 2. The molecule has 1 aromatic heterocycles. The van der Waals surface area contributed by atoms with Crippen LogP contribution in [0.4, 0.5) is 5.69 Å². The predicted octanol–water partition coefficient (Wildman–Crippen LogP) is 7.46. The number of benzene rings is 3. The van der Waals surface area contributed by atoms with E-state index in [4.69, 9.17) is 51.8 Å². The average Bonchev–Trinajstić information content (AvgIpc) is 3.19. The van der Waals surface area contributed by atoms with Gasteiger partial charge in [0.25, 0.3) is 11.8 Å². The van der Waals surface area contributed by atoms with E-state index in [1.165, 1.54) is 4.90 Å². The minimum Gasteiger partial charge on any atom is -0.489 e. The Hall–Kier alpha value is -3.62. The second kappa shape index (κ2) is 11.5. The Morgan fingerprint density at radius 1 is 0.925 bits per heavy atom. The number of carbonyl (C=O) groups is 2. The second-order valence-electron chi connectivity index (χ2n) is 9.09. The van der Waals surface area contributed by atoms with E-state index < -0.39 is 11.8 Å². The highest BCUT2D eigenvalue weighted by Crippen LogP contribution is 2.30. The van der Waals surface area contributed by atoms with Gasteiger partial charge in [-0.15, -0.1) is 0 Å². The fourth-order valence-corrected chi connectivity index (χ4v) is 5.44. The molecule has 6 nitrogen and oxygen atoms in total. The molecule has 202 valence electrons. The van der Waals surface area contributed by atoms with Gasteiger partial charge in [-0.1, -0.05) is 53.0 Å². The van der Waals surface area contributed by atoms with Crippen molar-refractivity contribution in [2.45, 2.75) is 20.5 Å². The third kappa shape index (κ3) is 5.51. The third-order valence-corrected chi connectivity index (χ3v) is 7.66. The van der Waals surface area contributed by atoms with Crippen LogP contribution < -0.4 is 15.0 Å². The number of aryl methyl sites for hydroxylation is 1. The lowest BCUT2D eigenvalue weighted by Crippen LogP contribution is -2.54. The molecular formula is C30H22Cl3N3O3S. The zero-order chi connectivity index (χ0) is 28.6. The summed E-state index contributed by atoms with van der Waals surface area (Å²) in [5.41, 5.74) is 4.59. The van der Waals surface area contributed by atoms with E-state index in [1.54, 1.807) is 42.5 Å². The van der Waals surface area contributed by atoms with Gasteiger partial charge in [0.15, 0.2) is 5.11 Å². The molecule has 1 aliphatic rings. The van der Waals surface area contributed by atoms with Crippen LogP contribution in [0.25, 0.3) is 11.8 Å². The van der Waals surface area contributed by atoms with Gasteiger partial charge in [0.1, 0.15) is 17.9 Å². The number of ether oxygens (including phenoxy) is 1. The maximum Gasteiger partial charge on any atom is 0.270 e. The smallest absolute Gasteiger partial charge is 0.270 e. The first-order valence-corrected chi connectivity index (χ1v) is 13.7.